The van der Waals surface area contributed by atoms with Crippen LogP contribution < -0.4 is 0 Å². The number of aromatic nitrogens is 3. The predicted octanol–water partition coefficient (Wildman–Crippen LogP) is 4.58. The van der Waals surface area contributed by atoms with Crippen molar-refractivity contribution >= 4 is 0 Å². The summed E-state index contributed by atoms with van der Waals surface area (Å²) >= 11 is 0. The highest BCUT2D eigenvalue weighted by molar-refractivity contribution is 5.75. The predicted molar refractivity (Wildman–Crippen MR) is 97.8 cm³/mol. The van der Waals surface area contributed by atoms with Crippen molar-refractivity contribution in [3.05, 3.63) is 85.3 Å². The molecule has 0 atom stereocenters. The Kier molecular flexibility index (Phi) is 3.92. The molecule has 4 nitrogen and oxygen atoms in total. The van der Waals surface area contributed by atoms with E-state index < -0.39 is 0 Å². The molecule has 0 bridgehead atoms. The van der Waals surface area contributed by atoms with Crippen LogP contribution in [0.2, 0.25) is 0 Å². The average molecular weight is 325 g/mol. The number of hydrogen-bond acceptors (Lipinski definition) is 4. The van der Waals surface area contributed by atoms with E-state index in [0.29, 0.717) is 5.56 Å². The monoisotopic (exact) mass is 325 g/mol. The molecule has 0 aliphatic heterocycles. The third-order valence-corrected chi connectivity index (χ3v) is 3.96. The Bertz CT molecular complexity index is 985. The molecule has 4 heteroatoms. The molecule has 3 heterocycles. The second kappa shape index (κ2) is 6.53. The van der Waals surface area contributed by atoms with Gasteiger partial charge in [-0.05, 0) is 48.0 Å². The van der Waals surface area contributed by atoms with Crippen LogP contribution in [0.15, 0.2) is 85.3 Å². The number of benzene rings is 1. The standard InChI is InChI=1S/C21H15N3O/c25-21-10-8-15(13-17(21)18-5-1-3-11-22-18)16-7-9-20(24-14-16)19-6-2-4-12-23-19/h1-14,25H. The number of nitrogens with zero attached hydrogens (tertiary/aromatic N) is 3. The Hall–Kier alpha value is -3.53. The van der Waals surface area contributed by atoms with E-state index in [0.717, 1.165) is 28.2 Å². The number of phenolic OH excluding ortho intramolecular Hbond substituents is 1. The van der Waals surface area contributed by atoms with Crippen molar-refractivity contribution in [3.63, 3.8) is 0 Å². The average Bonchev–Trinajstić information content (AvgIpc) is 2.70. The van der Waals surface area contributed by atoms with E-state index in [-0.39, 0.29) is 5.75 Å². The maximum absolute atomic E-state index is 10.2. The van der Waals surface area contributed by atoms with Gasteiger partial charge in [0.2, 0.25) is 0 Å². The van der Waals surface area contributed by atoms with E-state index in [1.165, 1.54) is 0 Å². The Balaban J connectivity index is 1.71. The minimum atomic E-state index is 0.209. The third kappa shape index (κ3) is 3.10. The molecule has 0 fully saturated rings. The molecule has 0 aliphatic carbocycles. The zero-order valence-electron chi connectivity index (χ0n) is 13.4. The van der Waals surface area contributed by atoms with Gasteiger partial charge in [-0.15, -0.1) is 0 Å². The molecule has 0 radical (unpaired) electrons. The van der Waals surface area contributed by atoms with Gasteiger partial charge in [-0.25, -0.2) is 0 Å². The Morgan fingerprint density at radius 2 is 1.28 bits per heavy atom. The summed E-state index contributed by atoms with van der Waals surface area (Å²) < 4.78 is 0. The quantitative estimate of drug-likeness (QED) is 0.599. The lowest BCUT2D eigenvalue weighted by molar-refractivity contribution is 0.477. The first-order valence-corrected chi connectivity index (χ1v) is 7.93. The molecule has 0 saturated heterocycles. The van der Waals surface area contributed by atoms with E-state index in [1.54, 1.807) is 18.5 Å². The van der Waals surface area contributed by atoms with E-state index in [4.69, 9.17) is 0 Å². The van der Waals surface area contributed by atoms with Gasteiger partial charge in [0.05, 0.1) is 17.1 Å². The SMILES string of the molecule is Oc1ccc(-c2ccc(-c3ccccn3)nc2)cc1-c1ccccn1. The molecular formula is C21H15N3O. The highest BCUT2D eigenvalue weighted by Gasteiger charge is 2.08. The van der Waals surface area contributed by atoms with Gasteiger partial charge in [0.15, 0.2) is 0 Å². The fourth-order valence-electron chi connectivity index (χ4n) is 2.67. The summed E-state index contributed by atoms with van der Waals surface area (Å²) in [7, 11) is 0. The van der Waals surface area contributed by atoms with Crippen LogP contribution in [0.5, 0.6) is 5.75 Å². The van der Waals surface area contributed by atoms with Crippen LogP contribution >= 0.6 is 0 Å². The summed E-state index contributed by atoms with van der Waals surface area (Å²) in [6.07, 6.45) is 5.29. The van der Waals surface area contributed by atoms with Gasteiger partial charge in [0.1, 0.15) is 5.75 Å². The van der Waals surface area contributed by atoms with Crippen molar-refractivity contribution in [2.24, 2.45) is 0 Å². The molecule has 25 heavy (non-hydrogen) atoms. The van der Waals surface area contributed by atoms with Crippen LogP contribution in [-0.2, 0) is 0 Å². The van der Waals surface area contributed by atoms with Crippen LogP contribution in [0.4, 0.5) is 0 Å². The van der Waals surface area contributed by atoms with Crippen molar-refractivity contribution in [1.29, 1.82) is 0 Å². The Morgan fingerprint density at radius 3 is 1.92 bits per heavy atom. The number of hydrogen-bond donors (Lipinski definition) is 1. The summed E-state index contributed by atoms with van der Waals surface area (Å²) in [5.41, 5.74) is 5.05. The second-order valence-electron chi connectivity index (χ2n) is 5.59. The molecule has 3 aromatic heterocycles. The molecule has 0 amide bonds. The minimum Gasteiger partial charge on any atom is -0.507 e. The summed E-state index contributed by atoms with van der Waals surface area (Å²) in [5.74, 6) is 0.209. The topological polar surface area (TPSA) is 58.9 Å². The molecule has 1 N–H and O–H groups in total. The molecule has 0 spiro atoms. The molecule has 0 unspecified atom stereocenters. The van der Waals surface area contributed by atoms with Crippen molar-refractivity contribution in [2.45, 2.75) is 0 Å². The molecule has 1 aromatic carbocycles. The highest BCUT2D eigenvalue weighted by Crippen LogP contribution is 2.32. The fraction of sp³-hybridized carbons (Fsp3) is 0. The van der Waals surface area contributed by atoms with Gasteiger partial charge in [0, 0.05) is 29.7 Å². The van der Waals surface area contributed by atoms with Crippen LogP contribution in [-0.4, -0.2) is 20.1 Å². The second-order valence-corrected chi connectivity index (χ2v) is 5.59. The normalized spacial score (nSPS) is 10.6. The fourth-order valence-corrected chi connectivity index (χ4v) is 2.67. The van der Waals surface area contributed by atoms with Crippen molar-refractivity contribution in [2.75, 3.05) is 0 Å². The number of aromatic hydroxyl groups is 1. The largest absolute Gasteiger partial charge is 0.507 e. The lowest BCUT2D eigenvalue weighted by atomic mass is 10.0. The molecule has 0 saturated carbocycles. The van der Waals surface area contributed by atoms with Gasteiger partial charge in [0.25, 0.3) is 0 Å². The van der Waals surface area contributed by atoms with Crippen LogP contribution in [0.1, 0.15) is 0 Å². The summed E-state index contributed by atoms with van der Waals surface area (Å²) in [6, 6.07) is 20.8. The Morgan fingerprint density at radius 1 is 0.600 bits per heavy atom. The molecule has 4 rings (SSSR count). The molecular weight excluding hydrogens is 310 g/mol. The maximum atomic E-state index is 10.2. The summed E-state index contributed by atoms with van der Waals surface area (Å²) in [5, 5.41) is 10.2. The zero-order valence-corrected chi connectivity index (χ0v) is 13.4. The smallest absolute Gasteiger partial charge is 0.125 e. The molecule has 4 aromatic rings. The van der Waals surface area contributed by atoms with Crippen molar-refractivity contribution < 1.29 is 5.11 Å². The third-order valence-electron chi connectivity index (χ3n) is 3.96. The zero-order chi connectivity index (χ0) is 17.1. The highest BCUT2D eigenvalue weighted by atomic mass is 16.3. The number of pyridine rings is 3. The van der Waals surface area contributed by atoms with Gasteiger partial charge in [-0.2, -0.15) is 0 Å². The summed E-state index contributed by atoms with van der Waals surface area (Å²) in [6.45, 7) is 0. The van der Waals surface area contributed by atoms with E-state index in [9.17, 15) is 5.11 Å². The Labute approximate surface area is 145 Å². The van der Waals surface area contributed by atoms with Crippen LogP contribution in [0.3, 0.4) is 0 Å². The molecule has 0 aliphatic rings. The molecule has 120 valence electrons. The van der Waals surface area contributed by atoms with E-state index in [1.807, 2.05) is 66.9 Å². The lowest BCUT2D eigenvalue weighted by Crippen LogP contribution is -1.88. The number of rotatable bonds is 3. The first kappa shape index (κ1) is 15.0. The van der Waals surface area contributed by atoms with Crippen molar-refractivity contribution in [1.82, 2.24) is 15.0 Å². The van der Waals surface area contributed by atoms with Crippen LogP contribution in [0, 0.1) is 0 Å². The van der Waals surface area contributed by atoms with Crippen molar-refractivity contribution in [3.8, 4) is 39.5 Å². The minimum absolute atomic E-state index is 0.209. The first-order chi connectivity index (χ1) is 12.3. The van der Waals surface area contributed by atoms with Gasteiger partial charge in [-0.1, -0.05) is 24.3 Å². The number of phenols is 1. The van der Waals surface area contributed by atoms with E-state index in [2.05, 4.69) is 15.0 Å². The van der Waals surface area contributed by atoms with Gasteiger partial charge in [-0.3, -0.25) is 15.0 Å². The van der Waals surface area contributed by atoms with E-state index >= 15 is 0 Å². The lowest BCUT2D eigenvalue weighted by Gasteiger charge is -2.08. The van der Waals surface area contributed by atoms with Gasteiger partial charge < -0.3 is 5.11 Å². The maximum Gasteiger partial charge on any atom is 0.125 e. The van der Waals surface area contributed by atoms with Gasteiger partial charge >= 0.3 is 0 Å². The van der Waals surface area contributed by atoms with Crippen LogP contribution in [0.25, 0.3) is 33.8 Å². The first-order valence-electron chi connectivity index (χ1n) is 7.93. The summed E-state index contributed by atoms with van der Waals surface area (Å²) in [4.78, 5) is 13.1.